The second-order valence-electron chi connectivity index (χ2n) is 6.61. The fourth-order valence-corrected chi connectivity index (χ4v) is 3.60. The van der Waals surface area contributed by atoms with Crippen molar-refractivity contribution in [1.29, 1.82) is 0 Å². The summed E-state index contributed by atoms with van der Waals surface area (Å²) in [6, 6.07) is 4.05. The van der Waals surface area contributed by atoms with Crippen LogP contribution in [0.15, 0.2) is 12.1 Å². The first kappa shape index (κ1) is 16.3. The van der Waals surface area contributed by atoms with Gasteiger partial charge in [-0.05, 0) is 63.1 Å². The lowest BCUT2D eigenvalue weighted by Crippen LogP contribution is -2.42. The minimum absolute atomic E-state index is 0.137. The molecule has 1 aliphatic carbocycles. The third-order valence-corrected chi connectivity index (χ3v) is 4.63. The smallest absolute Gasteiger partial charge is 0.390 e. The molecule has 2 rings (SSSR count). The fraction of sp³-hybridized carbons (Fsp3) is 0.647. The van der Waals surface area contributed by atoms with Crippen LogP contribution in [0.5, 0.6) is 0 Å². The molecule has 0 aromatic heterocycles. The summed E-state index contributed by atoms with van der Waals surface area (Å²) in [4.78, 5) is 0. The first-order valence-electron chi connectivity index (χ1n) is 7.46. The highest BCUT2D eigenvalue weighted by atomic mass is 19.4. The molecular weight excluding hydrogens is 277 g/mol. The molecule has 1 saturated carbocycles. The molecule has 1 aromatic carbocycles. The molecule has 0 spiro atoms. The topological polar surface area (TPSA) is 20.2 Å². The Labute approximate surface area is 124 Å². The molecule has 0 aliphatic heterocycles. The summed E-state index contributed by atoms with van der Waals surface area (Å²) in [6.07, 6.45) is -3.04. The van der Waals surface area contributed by atoms with E-state index < -0.39 is 17.7 Å². The molecule has 1 fully saturated rings. The summed E-state index contributed by atoms with van der Waals surface area (Å²) in [6.45, 7) is 5.92. The number of hydrogen-bond acceptors (Lipinski definition) is 1. The lowest BCUT2D eigenvalue weighted by Gasteiger charge is -2.38. The van der Waals surface area contributed by atoms with E-state index >= 15 is 0 Å². The van der Waals surface area contributed by atoms with E-state index in [0.29, 0.717) is 19.3 Å². The third-order valence-electron chi connectivity index (χ3n) is 4.63. The second-order valence-corrected chi connectivity index (χ2v) is 6.61. The molecule has 0 amide bonds. The number of alkyl halides is 3. The second kappa shape index (κ2) is 5.64. The van der Waals surface area contributed by atoms with Crippen LogP contribution in [-0.2, 0) is 6.42 Å². The van der Waals surface area contributed by atoms with Gasteiger partial charge in [-0.15, -0.1) is 0 Å². The lowest BCUT2D eigenvalue weighted by molar-refractivity contribution is -0.200. The minimum atomic E-state index is -4.20. The average molecular weight is 300 g/mol. The molecule has 1 aliphatic rings. The van der Waals surface area contributed by atoms with Gasteiger partial charge in [0.15, 0.2) is 0 Å². The van der Waals surface area contributed by atoms with Crippen LogP contribution in [0.3, 0.4) is 0 Å². The van der Waals surface area contributed by atoms with E-state index in [9.17, 15) is 18.3 Å². The molecular formula is C17H23F3O. The predicted octanol–water partition coefficient (Wildman–Crippen LogP) is 4.64. The van der Waals surface area contributed by atoms with Crippen molar-refractivity contribution in [1.82, 2.24) is 0 Å². The maximum Gasteiger partial charge on any atom is 0.391 e. The molecule has 1 N–H and O–H groups in total. The summed E-state index contributed by atoms with van der Waals surface area (Å²) in [5.41, 5.74) is 3.00. The normalized spacial score (nSPS) is 26.9. The van der Waals surface area contributed by atoms with Crippen LogP contribution in [0, 0.1) is 26.7 Å². The molecule has 1 aromatic rings. The van der Waals surface area contributed by atoms with Gasteiger partial charge < -0.3 is 5.11 Å². The number of rotatable bonds is 2. The van der Waals surface area contributed by atoms with Crippen LogP contribution in [0.2, 0.25) is 0 Å². The Morgan fingerprint density at radius 2 is 1.76 bits per heavy atom. The van der Waals surface area contributed by atoms with Crippen molar-refractivity contribution >= 4 is 0 Å². The summed E-state index contributed by atoms with van der Waals surface area (Å²) in [5.74, 6) is -1.37. The fourth-order valence-electron chi connectivity index (χ4n) is 3.60. The highest BCUT2D eigenvalue weighted by molar-refractivity contribution is 5.38. The Balaban J connectivity index is 2.22. The summed E-state index contributed by atoms with van der Waals surface area (Å²) in [7, 11) is 0. The first-order chi connectivity index (χ1) is 9.61. The first-order valence-corrected chi connectivity index (χ1v) is 7.46. The van der Waals surface area contributed by atoms with E-state index in [4.69, 9.17) is 0 Å². The maximum absolute atomic E-state index is 12.9. The summed E-state index contributed by atoms with van der Waals surface area (Å²) >= 11 is 0. The van der Waals surface area contributed by atoms with Crippen molar-refractivity contribution in [2.75, 3.05) is 0 Å². The van der Waals surface area contributed by atoms with Crippen molar-refractivity contribution < 1.29 is 18.3 Å². The zero-order chi connectivity index (χ0) is 15.8. The van der Waals surface area contributed by atoms with E-state index in [2.05, 4.69) is 0 Å². The number of benzene rings is 1. The molecule has 0 radical (unpaired) electrons. The number of aliphatic hydroxyl groups is 1. The van der Waals surface area contributed by atoms with Crippen LogP contribution in [0.1, 0.15) is 47.9 Å². The number of aryl methyl sites for hydroxylation is 3. The number of halogens is 3. The molecule has 4 heteroatoms. The van der Waals surface area contributed by atoms with Crippen LogP contribution in [0.25, 0.3) is 0 Å². The highest BCUT2D eigenvalue weighted by Gasteiger charge is 2.47. The van der Waals surface area contributed by atoms with E-state index in [1.165, 1.54) is 0 Å². The molecule has 0 saturated heterocycles. The Bertz CT molecular complexity index is 498. The number of hydrogen-bond donors (Lipinski definition) is 1. The lowest BCUT2D eigenvalue weighted by atomic mass is 9.74. The quantitative estimate of drug-likeness (QED) is 0.843. The van der Waals surface area contributed by atoms with Gasteiger partial charge in [0.05, 0.1) is 11.5 Å². The zero-order valence-electron chi connectivity index (χ0n) is 12.8. The van der Waals surface area contributed by atoms with Crippen LogP contribution < -0.4 is 0 Å². The third kappa shape index (κ3) is 3.79. The standard InChI is InChI=1S/C17H23F3O/c1-11-7-12(2)15(13(3)8-11)10-16(21)6-4-5-14(9-16)17(18,19)20/h7-8,14,21H,4-6,9-10H2,1-3H3. The van der Waals surface area contributed by atoms with Gasteiger partial charge in [-0.25, -0.2) is 0 Å². The van der Waals surface area contributed by atoms with Gasteiger partial charge in [0, 0.05) is 6.42 Å². The van der Waals surface area contributed by atoms with Gasteiger partial charge in [-0.1, -0.05) is 17.7 Å². The minimum Gasteiger partial charge on any atom is -0.390 e. The van der Waals surface area contributed by atoms with Crippen molar-refractivity contribution in [2.45, 2.75) is 64.7 Å². The monoisotopic (exact) mass is 300 g/mol. The van der Waals surface area contributed by atoms with Crippen molar-refractivity contribution in [3.05, 3.63) is 34.4 Å². The van der Waals surface area contributed by atoms with E-state index in [-0.39, 0.29) is 12.8 Å². The van der Waals surface area contributed by atoms with E-state index in [1.807, 2.05) is 32.9 Å². The summed E-state index contributed by atoms with van der Waals surface area (Å²) in [5, 5.41) is 10.7. The average Bonchev–Trinajstić information content (AvgIpc) is 2.33. The van der Waals surface area contributed by atoms with E-state index in [1.54, 1.807) is 0 Å². The Morgan fingerprint density at radius 3 is 2.29 bits per heavy atom. The molecule has 0 heterocycles. The molecule has 21 heavy (non-hydrogen) atoms. The highest BCUT2D eigenvalue weighted by Crippen LogP contribution is 2.43. The predicted molar refractivity (Wildman–Crippen MR) is 77.3 cm³/mol. The maximum atomic E-state index is 12.9. The Kier molecular flexibility index (Phi) is 4.39. The molecule has 2 unspecified atom stereocenters. The van der Waals surface area contributed by atoms with Crippen molar-refractivity contribution in [3.8, 4) is 0 Å². The molecule has 2 atom stereocenters. The summed E-state index contributed by atoms with van der Waals surface area (Å²) < 4.78 is 38.8. The van der Waals surface area contributed by atoms with Gasteiger partial charge in [-0.3, -0.25) is 0 Å². The largest absolute Gasteiger partial charge is 0.391 e. The van der Waals surface area contributed by atoms with Crippen LogP contribution in [0.4, 0.5) is 13.2 Å². The van der Waals surface area contributed by atoms with Gasteiger partial charge in [-0.2, -0.15) is 13.2 Å². The van der Waals surface area contributed by atoms with Crippen molar-refractivity contribution in [3.63, 3.8) is 0 Å². The van der Waals surface area contributed by atoms with Gasteiger partial charge in [0.2, 0.25) is 0 Å². The van der Waals surface area contributed by atoms with Crippen LogP contribution >= 0.6 is 0 Å². The Morgan fingerprint density at radius 1 is 1.19 bits per heavy atom. The van der Waals surface area contributed by atoms with Crippen molar-refractivity contribution in [2.24, 2.45) is 5.92 Å². The van der Waals surface area contributed by atoms with E-state index in [0.717, 1.165) is 22.3 Å². The van der Waals surface area contributed by atoms with Gasteiger partial charge in [0.25, 0.3) is 0 Å². The molecule has 1 nitrogen and oxygen atoms in total. The molecule has 0 bridgehead atoms. The van der Waals surface area contributed by atoms with Crippen LogP contribution in [-0.4, -0.2) is 16.9 Å². The van der Waals surface area contributed by atoms with Gasteiger partial charge in [0.1, 0.15) is 0 Å². The molecule has 118 valence electrons. The van der Waals surface area contributed by atoms with Gasteiger partial charge >= 0.3 is 6.18 Å². The Hall–Kier alpha value is -1.03. The zero-order valence-corrected chi connectivity index (χ0v) is 12.8. The SMILES string of the molecule is Cc1cc(C)c(CC2(O)CCCC(C(F)(F)F)C2)c(C)c1.